The number of benzene rings is 2. The maximum absolute atomic E-state index is 13.6. The molecule has 2 aromatic carbocycles. The normalized spacial score (nSPS) is 20.4. The standard InChI is InChI=1S/C32H34Br2O5/c1-6-37-24-12-19(11-21(34)30(24)38-17-18-7-9-20(33)10-8-18)27-28-22(35)13-31(2,3)15-25(28)39-26-16-32(4,5)14-23(36)29(26)27/h7-12,27H,6,13-17H2,1-5H3. The number of rotatable bonds is 6. The van der Waals surface area contributed by atoms with Crippen molar-refractivity contribution in [3.63, 3.8) is 0 Å². The molecule has 0 radical (unpaired) electrons. The highest BCUT2D eigenvalue weighted by Gasteiger charge is 2.48. The molecule has 0 aromatic heterocycles. The fraction of sp³-hybridized carbons (Fsp3) is 0.438. The highest BCUT2D eigenvalue weighted by atomic mass is 79.9. The summed E-state index contributed by atoms with van der Waals surface area (Å²) < 4.78 is 20.4. The van der Waals surface area contributed by atoms with Crippen molar-refractivity contribution < 1.29 is 23.8 Å². The number of halogens is 2. The van der Waals surface area contributed by atoms with Gasteiger partial charge in [-0.2, -0.15) is 0 Å². The molecule has 39 heavy (non-hydrogen) atoms. The summed E-state index contributed by atoms with van der Waals surface area (Å²) in [6.07, 6.45) is 2.15. The number of carbonyl (C=O) groups is 2. The van der Waals surface area contributed by atoms with Gasteiger partial charge in [0.05, 0.1) is 11.1 Å². The number of hydrogen-bond acceptors (Lipinski definition) is 5. The lowest BCUT2D eigenvalue weighted by Gasteiger charge is -2.42. The SMILES string of the molecule is CCOc1cc(C2C3=C(CC(C)(C)CC3=O)OC3=C2C(=O)CC(C)(C)C3)cc(Br)c1OCc1ccc(Br)cc1. The molecule has 0 saturated heterocycles. The Balaban J connectivity index is 1.60. The van der Waals surface area contributed by atoms with Crippen LogP contribution in [0.2, 0.25) is 0 Å². The molecule has 0 fully saturated rings. The molecule has 0 spiro atoms. The van der Waals surface area contributed by atoms with Gasteiger partial charge < -0.3 is 14.2 Å². The molecule has 2 aromatic rings. The van der Waals surface area contributed by atoms with E-state index in [1.807, 2.05) is 43.3 Å². The van der Waals surface area contributed by atoms with E-state index in [0.29, 0.717) is 77.5 Å². The summed E-state index contributed by atoms with van der Waals surface area (Å²) in [5.74, 6) is 2.16. The third-order valence-corrected chi connectivity index (χ3v) is 8.66. The van der Waals surface area contributed by atoms with Crippen molar-refractivity contribution in [3.8, 4) is 11.5 Å². The van der Waals surface area contributed by atoms with Gasteiger partial charge in [0.25, 0.3) is 0 Å². The van der Waals surface area contributed by atoms with Crippen LogP contribution in [0.5, 0.6) is 11.5 Å². The van der Waals surface area contributed by atoms with Gasteiger partial charge in [-0.25, -0.2) is 0 Å². The second kappa shape index (κ2) is 10.5. The van der Waals surface area contributed by atoms with Crippen LogP contribution in [0.4, 0.5) is 0 Å². The van der Waals surface area contributed by atoms with Gasteiger partial charge in [0.2, 0.25) is 0 Å². The summed E-state index contributed by atoms with van der Waals surface area (Å²) in [6, 6.07) is 11.9. The van der Waals surface area contributed by atoms with Crippen LogP contribution in [0.3, 0.4) is 0 Å². The molecular formula is C32H34Br2O5. The lowest BCUT2D eigenvalue weighted by molar-refractivity contribution is -0.120. The fourth-order valence-electron chi connectivity index (χ4n) is 5.90. The molecule has 5 rings (SSSR count). The monoisotopic (exact) mass is 656 g/mol. The molecule has 3 aliphatic rings. The first-order valence-electron chi connectivity index (χ1n) is 13.4. The van der Waals surface area contributed by atoms with Gasteiger partial charge >= 0.3 is 0 Å². The van der Waals surface area contributed by atoms with Crippen LogP contribution in [-0.2, 0) is 20.9 Å². The van der Waals surface area contributed by atoms with E-state index in [1.165, 1.54) is 0 Å². The Morgan fingerprint density at radius 3 is 1.95 bits per heavy atom. The van der Waals surface area contributed by atoms with Crippen molar-refractivity contribution in [2.45, 2.75) is 72.8 Å². The lowest BCUT2D eigenvalue weighted by Crippen LogP contribution is -2.37. The van der Waals surface area contributed by atoms with Crippen molar-refractivity contribution in [1.82, 2.24) is 0 Å². The van der Waals surface area contributed by atoms with Gasteiger partial charge in [0.15, 0.2) is 23.1 Å². The van der Waals surface area contributed by atoms with E-state index in [9.17, 15) is 9.59 Å². The highest BCUT2D eigenvalue weighted by Crippen LogP contribution is 2.54. The first-order chi connectivity index (χ1) is 18.4. The van der Waals surface area contributed by atoms with Gasteiger partial charge in [-0.05, 0) is 69.1 Å². The molecular weight excluding hydrogens is 624 g/mol. The van der Waals surface area contributed by atoms with Gasteiger partial charge in [-0.15, -0.1) is 0 Å². The summed E-state index contributed by atoms with van der Waals surface area (Å²) >= 11 is 7.18. The molecule has 1 aliphatic heterocycles. The van der Waals surface area contributed by atoms with Crippen molar-refractivity contribution in [2.75, 3.05) is 6.61 Å². The van der Waals surface area contributed by atoms with Crippen molar-refractivity contribution in [1.29, 1.82) is 0 Å². The van der Waals surface area contributed by atoms with Gasteiger partial charge in [-0.3, -0.25) is 9.59 Å². The van der Waals surface area contributed by atoms with Gasteiger partial charge in [0, 0.05) is 47.2 Å². The third kappa shape index (κ3) is 5.76. The third-order valence-electron chi connectivity index (χ3n) is 7.54. The molecule has 0 saturated carbocycles. The van der Waals surface area contributed by atoms with Crippen LogP contribution in [0.15, 0.2) is 68.0 Å². The number of carbonyl (C=O) groups excluding carboxylic acids is 2. The molecule has 0 atom stereocenters. The molecule has 0 amide bonds. The second-order valence-corrected chi connectivity index (χ2v) is 14.0. The van der Waals surface area contributed by atoms with E-state index in [-0.39, 0.29) is 22.4 Å². The summed E-state index contributed by atoms with van der Waals surface area (Å²) in [5, 5.41) is 0. The van der Waals surface area contributed by atoms with Gasteiger partial charge in [-0.1, -0.05) is 55.8 Å². The Morgan fingerprint density at radius 2 is 1.41 bits per heavy atom. The maximum Gasteiger partial charge on any atom is 0.175 e. The quantitative estimate of drug-likeness (QED) is 0.311. The minimum Gasteiger partial charge on any atom is -0.490 e. The van der Waals surface area contributed by atoms with Crippen LogP contribution in [0, 0.1) is 10.8 Å². The fourth-order valence-corrected chi connectivity index (χ4v) is 6.74. The summed E-state index contributed by atoms with van der Waals surface area (Å²) in [6.45, 7) is 11.1. The topological polar surface area (TPSA) is 61.8 Å². The zero-order valence-corrected chi connectivity index (χ0v) is 26.3. The Labute approximate surface area is 247 Å². The number of hydrogen-bond donors (Lipinski definition) is 0. The Bertz CT molecular complexity index is 1350. The molecule has 1 heterocycles. The summed E-state index contributed by atoms with van der Waals surface area (Å²) in [4.78, 5) is 27.3. The van der Waals surface area contributed by atoms with Crippen LogP contribution in [0.1, 0.15) is 77.3 Å². The zero-order chi connectivity index (χ0) is 28.1. The minimum atomic E-state index is -0.494. The predicted molar refractivity (Wildman–Crippen MR) is 158 cm³/mol. The van der Waals surface area contributed by atoms with E-state index in [1.54, 1.807) is 0 Å². The Morgan fingerprint density at radius 1 is 0.846 bits per heavy atom. The zero-order valence-electron chi connectivity index (χ0n) is 23.1. The van der Waals surface area contributed by atoms with Crippen LogP contribution in [0.25, 0.3) is 0 Å². The van der Waals surface area contributed by atoms with Crippen LogP contribution in [-0.4, -0.2) is 18.2 Å². The van der Waals surface area contributed by atoms with Crippen molar-refractivity contribution >= 4 is 43.4 Å². The maximum atomic E-state index is 13.6. The van der Waals surface area contributed by atoms with Crippen LogP contribution >= 0.6 is 31.9 Å². The number of allylic oxidation sites excluding steroid dienone is 4. The Kier molecular flexibility index (Phi) is 7.62. The van der Waals surface area contributed by atoms with Crippen molar-refractivity contribution in [3.05, 3.63) is 79.1 Å². The summed E-state index contributed by atoms with van der Waals surface area (Å²) in [5.41, 5.74) is 2.67. The molecule has 5 nitrogen and oxygen atoms in total. The largest absolute Gasteiger partial charge is 0.490 e. The second-order valence-electron chi connectivity index (χ2n) is 12.3. The van der Waals surface area contributed by atoms with E-state index in [4.69, 9.17) is 14.2 Å². The van der Waals surface area contributed by atoms with E-state index in [0.717, 1.165) is 15.6 Å². The number of ether oxygens (including phenoxy) is 3. The molecule has 206 valence electrons. The first-order valence-corrected chi connectivity index (χ1v) is 15.0. The molecule has 0 N–H and O–H groups in total. The Hall–Kier alpha value is -2.38. The van der Waals surface area contributed by atoms with E-state index in [2.05, 4.69) is 59.6 Å². The predicted octanol–water partition coefficient (Wildman–Crippen LogP) is 8.59. The molecule has 0 bridgehead atoms. The smallest absolute Gasteiger partial charge is 0.175 e. The lowest BCUT2D eigenvalue weighted by atomic mass is 9.65. The molecule has 7 heteroatoms. The first kappa shape index (κ1) is 28.2. The average molecular weight is 658 g/mol. The molecule has 0 unspecified atom stereocenters. The minimum absolute atomic E-state index is 0.0417. The number of Topliss-reactive ketones (excluding diaryl/α,β-unsaturated/α-hetero) is 2. The highest BCUT2D eigenvalue weighted by molar-refractivity contribution is 9.10. The van der Waals surface area contributed by atoms with E-state index >= 15 is 0 Å². The van der Waals surface area contributed by atoms with Gasteiger partial charge in [0.1, 0.15) is 18.1 Å². The van der Waals surface area contributed by atoms with E-state index < -0.39 is 5.92 Å². The van der Waals surface area contributed by atoms with Crippen molar-refractivity contribution in [2.24, 2.45) is 10.8 Å². The number of ketones is 2. The average Bonchev–Trinajstić information content (AvgIpc) is 2.81. The van der Waals surface area contributed by atoms with Crippen LogP contribution < -0.4 is 9.47 Å². The molecule has 2 aliphatic carbocycles. The summed E-state index contributed by atoms with van der Waals surface area (Å²) in [7, 11) is 0.